The minimum atomic E-state index is -3.57. The number of benzene rings is 2. The van der Waals surface area contributed by atoms with Gasteiger partial charge in [0, 0.05) is 0 Å². The Kier molecular flexibility index (Phi) is 4.91. The normalized spacial score (nSPS) is 11.5. The predicted octanol–water partition coefficient (Wildman–Crippen LogP) is 4.23. The third kappa shape index (κ3) is 3.33. The number of hydrogen-bond donors (Lipinski definition) is 1. The van der Waals surface area contributed by atoms with Crippen LogP contribution in [0.1, 0.15) is 36.1 Å². The minimum absolute atomic E-state index is 0.309. The largest absolute Gasteiger partial charge is 0.279 e. The molecule has 0 amide bonds. The molecule has 0 fully saturated rings. The van der Waals surface area contributed by atoms with Gasteiger partial charge in [-0.05, 0) is 61.1 Å². The smallest absolute Gasteiger partial charge is 0.261 e. The van der Waals surface area contributed by atoms with Crippen molar-refractivity contribution in [3.8, 4) is 0 Å². The number of para-hydroxylation sites is 1. The van der Waals surface area contributed by atoms with E-state index in [9.17, 15) is 8.42 Å². The summed E-state index contributed by atoms with van der Waals surface area (Å²) in [7, 11) is -3.57. The number of rotatable bonds is 5. The standard InChI is InChI=1S/C18H23NO2S/c1-5-15-8-7-9-16(6-2)18(15)19-22(20,21)17-11-10-13(3)14(4)12-17/h7-12,19H,5-6H2,1-4H3. The molecule has 0 unspecified atom stereocenters. The molecule has 0 saturated heterocycles. The molecule has 0 atom stereocenters. The molecule has 4 heteroatoms. The fourth-order valence-corrected chi connectivity index (χ4v) is 3.68. The third-order valence-electron chi connectivity index (χ3n) is 4.02. The molecule has 0 aromatic heterocycles. The van der Waals surface area contributed by atoms with Crippen LogP contribution in [0.2, 0.25) is 0 Å². The van der Waals surface area contributed by atoms with Crippen LogP contribution in [0.3, 0.4) is 0 Å². The van der Waals surface area contributed by atoms with Crippen molar-refractivity contribution in [1.82, 2.24) is 0 Å². The second-order valence-electron chi connectivity index (χ2n) is 5.51. The first-order valence-corrected chi connectivity index (χ1v) is 9.08. The number of aryl methyl sites for hydroxylation is 4. The van der Waals surface area contributed by atoms with E-state index in [0.29, 0.717) is 4.90 Å². The van der Waals surface area contributed by atoms with Gasteiger partial charge >= 0.3 is 0 Å². The highest BCUT2D eigenvalue weighted by Crippen LogP contribution is 2.26. The van der Waals surface area contributed by atoms with E-state index in [4.69, 9.17) is 0 Å². The fourth-order valence-electron chi connectivity index (χ4n) is 2.45. The molecule has 0 saturated carbocycles. The lowest BCUT2D eigenvalue weighted by molar-refractivity contribution is 0.601. The lowest BCUT2D eigenvalue weighted by Gasteiger charge is -2.16. The highest BCUT2D eigenvalue weighted by molar-refractivity contribution is 7.92. The van der Waals surface area contributed by atoms with Crippen molar-refractivity contribution in [1.29, 1.82) is 0 Å². The van der Waals surface area contributed by atoms with Crippen molar-refractivity contribution in [3.05, 3.63) is 58.7 Å². The highest BCUT2D eigenvalue weighted by Gasteiger charge is 2.18. The highest BCUT2D eigenvalue weighted by atomic mass is 32.2. The second-order valence-corrected chi connectivity index (χ2v) is 7.19. The van der Waals surface area contributed by atoms with Crippen molar-refractivity contribution in [2.75, 3.05) is 4.72 Å². The van der Waals surface area contributed by atoms with Gasteiger partial charge in [-0.1, -0.05) is 38.1 Å². The van der Waals surface area contributed by atoms with Crippen molar-refractivity contribution in [2.45, 2.75) is 45.4 Å². The van der Waals surface area contributed by atoms with Crippen LogP contribution in [0.15, 0.2) is 41.3 Å². The van der Waals surface area contributed by atoms with E-state index in [0.717, 1.165) is 40.8 Å². The molecular formula is C18H23NO2S. The summed E-state index contributed by atoms with van der Waals surface area (Å²) in [6.07, 6.45) is 1.58. The van der Waals surface area contributed by atoms with Crippen LogP contribution in [0.5, 0.6) is 0 Å². The first-order chi connectivity index (χ1) is 10.4. The van der Waals surface area contributed by atoms with Crippen molar-refractivity contribution < 1.29 is 8.42 Å². The van der Waals surface area contributed by atoms with Crippen molar-refractivity contribution in [3.63, 3.8) is 0 Å². The molecule has 0 aliphatic heterocycles. The van der Waals surface area contributed by atoms with Crippen LogP contribution < -0.4 is 4.72 Å². The van der Waals surface area contributed by atoms with Gasteiger partial charge in [0.25, 0.3) is 10.0 Å². The van der Waals surface area contributed by atoms with E-state index in [1.54, 1.807) is 12.1 Å². The van der Waals surface area contributed by atoms with Crippen molar-refractivity contribution in [2.24, 2.45) is 0 Å². The summed E-state index contributed by atoms with van der Waals surface area (Å²) in [5.74, 6) is 0. The van der Waals surface area contributed by atoms with Crippen LogP contribution in [0, 0.1) is 13.8 Å². The molecule has 1 N–H and O–H groups in total. The van der Waals surface area contributed by atoms with Gasteiger partial charge in [-0.15, -0.1) is 0 Å². The van der Waals surface area contributed by atoms with Gasteiger partial charge in [0.15, 0.2) is 0 Å². The summed E-state index contributed by atoms with van der Waals surface area (Å²) >= 11 is 0. The molecule has 0 heterocycles. The molecule has 22 heavy (non-hydrogen) atoms. The molecule has 0 radical (unpaired) electrons. The van der Waals surface area contributed by atoms with Crippen LogP contribution in [-0.2, 0) is 22.9 Å². The SMILES string of the molecule is CCc1cccc(CC)c1NS(=O)(=O)c1ccc(C)c(C)c1. The maximum atomic E-state index is 12.7. The summed E-state index contributed by atoms with van der Waals surface area (Å²) in [5.41, 5.74) is 4.83. The van der Waals surface area contributed by atoms with Gasteiger partial charge in [-0.2, -0.15) is 0 Å². The summed E-state index contributed by atoms with van der Waals surface area (Å²) in [6, 6.07) is 11.1. The Labute approximate surface area is 133 Å². The molecular weight excluding hydrogens is 294 g/mol. The Balaban J connectivity index is 2.47. The van der Waals surface area contributed by atoms with E-state index in [2.05, 4.69) is 4.72 Å². The molecule has 0 spiro atoms. The molecule has 3 nitrogen and oxygen atoms in total. The Hall–Kier alpha value is -1.81. The molecule has 0 aliphatic carbocycles. The Bertz CT molecular complexity index is 757. The molecule has 2 rings (SSSR count). The van der Waals surface area contributed by atoms with Crippen LogP contribution in [-0.4, -0.2) is 8.42 Å². The average molecular weight is 317 g/mol. The minimum Gasteiger partial charge on any atom is -0.279 e. The maximum Gasteiger partial charge on any atom is 0.261 e. The van der Waals surface area contributed by atoms with Crippen LogP contribution >= 0.6 is 0 Å². The molecule has 118 valence electrons. The van der Waals surface area contributed by atoms with E-state index in [1.165, 1.54) is 0 Å². The zero-order valence-corrected chi connectivity index (χ0v) is 14.4. The Morgan fingerprint density at radius 1 is 0.909 bits per heavy atom. The molecule has 2 aromatic carbocycles. The summed E-state index contributed by atoms with van der Waals surface area (Å²) < 4.78 is 28.2. The van der Waals surface area contributed by atoms with Gasteiger partial charge in [0.2, 0.25) is 0 Å². The number of hydrogen-bond acceptors (Lipinski definition) is 2. The number of anilines is 1. The zero-order valence-electron chi connectivity index (χ0n) is 13.6. The monoisotopic (exact) mass is 317 g/mol. The molecule has 0 bridgehead atoms. The van der Waals surface area contributed by atoms with Gasteiger partial charge in [0.05, 0.1) is 10.6 Å². The van der Waals surface area contributed by atoms with Gasteiger partial charge < -0.3 is 0 Å². The van der Waals surface area contributed by atoms with Gasteiger partial charge in [-0.3, -0.25) is 4.72 Å². The van der Waals surface area contributed by atoms with Crippen molar-refractivity contribution >= 4 is 15.7 Å². The van der Waals surface area contributed by atoms with E-state index < -0.39 is 10.0 Å². The summed E-state index contributed by atoms with van der Waals surface area (Å²) in [5, 5.41) is 0. The maximum absolute atomic E-state index is 12.7. The van der Waals surface area contributed by atoms with Gasteiger partial charge in [0.1, 0.15) is 0 Å². The summed E-state index contributed by atoms with van der Waals surface area (Å²) in [6.45, 7) is 7.96. The second kappa shape index (κ2) is 6.53. The number of sulfonamides is 1. The Morgan fingerprint density at radius 3 is 2.00 bits per heavy atom. The Morgan fingerprint density at radius 2 is 1.50 bits per heavy atom. The third-order valence-corrected chi connectivity index (χ3v) is 5.37. The first-order valence-electron chi connectivity index (χ1n) is 7.59. The quantitative estimate of drug-likeness (QED) is 0.897. The fraction of sp³-hybridized carbons (Fsp3) is 0.333. The van der Waals surface area contributed by atoms with E-state index in [1.807, 2.05) is 52.0 Å². The lowest BCUT2D eigenvalue weighted by Crippen LogP contribution is -2.16. The number of nitrogens with one attached hydrogen (secondary N) is 1. The van der Waals surface area contributed by atoms with E-state index in [-0.39, 0.29) is 0 Å². The zero-order chi connectivity index (χ0) is 16.3. The van der Waals surface area contributed by atoms with Gasteiger partial charge in [-0.25, -0.2) is 8.42 Å². The summed E-state index contributed by atoms with van der Waals surface area (Å²) in [4.78, 5) is 0.309. The van der Waals surface area contributed by atoms with Crippen LogP contribution in [0.4, 0.5) is 5.69 Å². The lowest BCUT2D eigenvalue weighted by atomic mass is 10.0. The van der Waals surface area contributed by atoms with E-state index >= 15 is 0 Å². The average Bonchev–Trinajstić information content (AvgIpc) is 2.49. The topological polar surface area (TPSA) is 46.2 Å². The first kappa shape index (κ1) is 16.6. The molecule has 2 aromatic rings. The predicted molar refractivity (Wildman–Crippen MR) is 91.9 cm³/mol. The van der Waals surface area contributed by atoms with Crippen LogP contribution in [0.25, 0.3) is 0 Å². The molecule has 0 aliphatic rings.